The predicted octanol–water partition coefficient (Wildman–Crippen LogP) is -1.54. The summed E-state index contributed by atoms with van der Waals surface area (Å²) in [5, 5.41) is 8.28. The summed E-state index contributed by atoms with van der Waals surface area (Å²) < 4.78 is 9.99. The molecule has 0 aromatic carbocycles. The number of nitrogens with zero attached hydrogens (tertiary/aromatic N) is 1. The van der Waals surface area contributed by atoms with Crippen molar-refractivity contribution in [2.75, 3.05) is 6.61 Å². The van der Waals surface area contributed by atoms with Crippen LogP contribution in [0.1, 0.15) is 20.8 Å². The van der Waals surface area contributed by atoms with Gasteiger partial charge in [-0.05, 0) is 13.8 Å². The van der Waals surface area contributed by atoms with Gasteiger partial charge in [-0.25, -0.2) is 5.26 Å². The van der Waals surface area contributed by atoms with E-state index in [1.165, 1.54) is 0 Å². The first-order valence-corrected chi connectivity index (χ1v) is 3.22. The molecule has 0 aromatic rings. The van der Waals surface area contributed by atoms with E-state index in [9.17, 15) is 0 Å². The molecule has 0 aliphatic rings. The minimum Gasteiger partial charge on any atom is -0.494 e. The van der Waals surface area contributed by atoms with Gasteiger partial charge in [0.2, 0.25) is 0 Å². The van der Waals surface area contributed by atoms with E-state index in [0.717, 1.165) is 0 Å². The molecule has 0 amide bonds. The third-order valence-electron chi connectivity index (χ3n) is 0.902. The van der Waals surface area contributed by atoms with Gasteiger partial charge in [0, 0.05) is 6.61 Å². The second-order valence-electron chi connectivity index (χ2n) is 1.81. The quantitative estimate of drug-likeness (QED) is 0.276. The maximum atomic E-state index is 8.28. The molecule has 0 aliphatic heterocycles. The van der Waals surface area contributed by atoms with Crippen LogP contribution < -0.4 is 18.9 Å². The summed E-state index contributed by atoms with van der Waals surface area (Å²) in [5.41, 5.74) is 0. The monoisotopic (exact) mass is 149 g/mol. The van der Waals surface area contributed by atoms with E-state index in [2.05, 4.69) is 0 Å². The third kappa shape index (κ3) is 7.78. The molecule has 0 rings (SSSR count). The molecule has 58 valence electrons. The van der Waals surface area contributed by atoms with Gasteiger partial charge in [-0.3, -0.25) is 0 Å². The van der Waals surface area contributed by atoms with E-state index in [4.69, 9.17) is 14.7 Å². The largest absolute Gasteiger partial charge is 1.00 e. The van der Waals surface area contributed by atoms with Gasteiger partial charge in [-0.2, -0.15) is 6.10 Å². The van der Waals surface area contributed by atoms with Gasteiger partial charge < -0.3 is 9.47 Å². The number of nitriles is 1. The Hall–Kier alpha value is -0.123. The molecule has 4 heteroatoms. The Morgan fingerprint density at radius 3 is 2.55 bits per heavy atom. The van der Waals surface area contributed by atoms with Crippen LogP contribution in [0.15, 0.2) is 0 Å². The van der Waals surface area contributed by atoms with E-state index < -0.39 is 0 Å². The molecule has 0 bridgehead atoms. The minimum absolute atomic E-state index is 0. The van der Waals surface area contributed by atoms with Crippen molar-refractivity contribution >= 4 is 0 Å². The van der Waals surface area contributed by atoms with E-state index in [1.54, 1.807) is 13.8 Å². The summed E-state index contributed by atoms with van der Waals surface area (Å²) in [7, 11) is 0. The molecule has 1 atom stereocenters. The number of ether oxygens (including phenoxy) is 2. The standard InChI is InChI=1S/C7H12NO2.Li/c1-4-9-7(3)10-6(2)5-8;/h7H,4H2,1-3H3;/q-1;+1. The molecule has 0 radical (unpaired) electrons. The molecular formula is C7H12LiNO2. The van der Waals surface area contributed by atoms with Gasteiger partial charge in [0.15, 0.2) is 0 Å². The van der Waals surface area contributed by atoms with Crippen LogP contribution in [0.4, 0.5) is 0 Å². The van der Waals surface area contributed by atoms with Crippen molar-refractivity contribution in [3.8, 4) is 6.07 Å². The molecule has 0 saturated carbocycles. The Kier molecular flexibility index (Phi) is 9.77. The fraction of sp³-hybridized carbons (Fsp3) is 0.714. The van der Waals surface area contributed by atoms with Crippen molar-refractivity contribution in [3.05, 3.63) is 6.10 Å². The Bertz CT molecular complexity index is 124. The van der Waals surface area contributed by atoms with Crippen molar-refractivity contribution in [3.63, 3.8) is 0 Å². The average molecular weight is 149 g/mol. The summed E-state index contributed by atoms with van der Waals surface area (Å²) in [4.78, 5) is 0. The van der Waals surface area contributed by atoms with E-state index >= 15 is 0 Å². The van der Waals surface area contributed by atoms with Crippen LogP contribution >= 0.6 is 0 Å². The summed E-state index contributed by atoms with van der Waals surface area (Å²) in [6.45, 7) is 5.83. The van der Waals surface area contributed by atoms with Gasteiger partial charge in [0.1, 0.15) is 6.29 Å². The summed E-state index contributed by atoms with van der Waals surface area (Å²) >= 11 is 0. The molecule has 1 unspecified atom stereocenters. The Morgan fingerprint density at radius 2 is 2.18 bits per heavy atom. The molecule has 11 heavy (non-hydrogen) atoms. The zero-order chi connectivity index (χ0) is 7.98. The molecule has 0 heterocycles. The van der Waals surface area contributed by atoms with Crippen molar-refractivity contribution in [1.82, 2.24) is 0 Å². The minimum atomic E-state index is -0.315. The van der Waals surface area contributed by atoms with Gasteiger partial charge in [-0.15, -0.1) is 6.92 Å². The normalized spacial score (nSPS) is 11.1. The van der Waals surface area contributed by atoms with Gasteiger partial charge in [-0.1, -0.05) is 6.07 Å². The molecule has 0 aromatic heterocycles. The summed E-state index contributed by atoms with van der Waals surface area (Å²) in [6.07, 6.45) is 0.0191. The molecule has 0 aliphatic carbocycles. The average Bonchev–Trinajstić information content (AvgIpc) is 1.88. The fourth-order valence-electron chi connectivity index (χ4n) is 0.544. The molecular weight excluding hydrogens is 137 g/mol. The molecule has 0 N–H and O–H groups in total. The zero-order valence-electron chi connectivity index (χ0n) is 7.55. The maximum Gasteiger partial charge on any atom is 1.00 e. The van der Waals surface area contributed by atoms with Gasteiger partial charge >= 0.3 is 18.9 Å². The molecule has 3 nitrogen and oxygen atoms in total. The first-order chi connectivity index (χ1) is 4.70. The maximum absolute atomic E-state index is 8.28. The first-order valence-electron chi connectivity index (χ1n) is 3.22. The van der Waals surface area contributed by atoms with Crippen molar-refractivity contribution < 1.29 is 28.3 Å². The number of rotatable bonds is 4. The van der Waals surface area contributed by atoms with Gasteiger partial charge in [0.25, 0.3) is 0 Å². The van der Waals surface area contributed by atoms with Crippen LogP contribution in [0.25, 0.3) is 0 Å². The smallest absolute Gasteiger partial charge is 0.494 e. The predicted molar refractivity (Wildman–Crippen MR) is 36.7 cm³/mol. The van der Waals surface area contributed by atoms with Gasteiger partial charge in [0.05, 0.1) is 0 Å². The second-order valence-corrected chi connectivity index (χ2v) is 1.81. The van der Waals surface area contributed by atoms with Crippen molar-refractivity contribution in [1.29, 1.82) is 5.26 Å². The van der Waals surface area contributed by atoms with Crippen LogP contribution in [0.2, 0.25) is 0 Å². The Balaban J connectivity index is 0. The topological polar surface area (TPSA) is 42.2 Å². The molecule has 0 fully saturated rings. The Morgan fingerprint density at radius 1 is 1.64 bits per heavy atom. The third-order valence-corrected chi connectivity index (χ3v) is 0.902. The van der Waals surface area contributed by atoms with Crippen LogP contribution in [0, 0.1) is 17.4 Å². The van der Waals surface area contributed by atoms with Crippen molar-refractivity contribution in [2.45, 2.75) is 27.1 Å². The van der Waals surface area contributed by atoms with Crippen LogP contribution in [0.3, 0.4) is 0 Å². The fourth-order valence-corrected chi connectivity index (χ4v) is 0.544. The van der Waals surface area contributed by atoms with E-state index in [1.807, 2.05) is 13.0 Å². The summed E-state index contributed by atoms with van der Waals surface area (Å²) in [6, 6.07) is 1.87. The number of hydrogen-bond donors (Lipinski definition) is 0. The van der Waals surface area contributed by atoms with Crippen LogP contribution in [-0.2, 0) is 9.47 Å². The zero-order valence-corrected chi connectivity index (χ0v) is 7.55. The van der Waals surface area contributed by atoms with E-state index in [0.29, 0.717) is 12.7 Å². The SMILES string of the molecule is CCOC(C)O[C-](C)C#N.[Li+]. The molecule has 0 saturated heterocycles. The van der Waals surface area contributed by atoms with Crippen molar-refractivity contribution in [2.24, 2.45) is 0 Å². The second kappa shape index (κ2) is 7.98. The summed E-state index contributed by atoms with van der Waals surface area (Å²) in [5.74, 6) is 0. The number of hydrogen-bond acceptors (Lipinski definition) is 3. The Labute approximate surface area is 79.8 Å². The van der Waals surface area contributed by atoms with Crippen LogP contribution in [0.5, 0.6) is 0 Å². The van der Waals surface area contributed by atoms with Crippen LogP contribution in [-0.4, -0.2) is 12.9 Å². The molecule has 0 spiro atoms. The first kappa shape index (κ1) is 13.5. The van der Waals surface area contributed by atoms with E-state index in [-0.39, 0.29) is 25.2 Å².